The maximum atomic E-state index is 12.0. The molecule has 0 spiro atoms. The van der Waals surface area contributed by atoms with Crippen molar-refractivity contribution in [3.8, 4) is 0 Å². The normalized spacial score (nSPS) is 11.2. The lowest BCUT2D eigenvalue weighted by molar-refractivity contribution is -0.394. The molecule has 0 bridgehead atoms. The Morgan fingerprint density at radius 3 is 2.79 bits per heavy atom. The predicted octanol–water partition coefficient (Wildman–Crippen LogP) is -0.614. The highest BCUT2D eigenvalue weighted by molar-refractivity contribution is 7.98. The average Bonchev–Trinajstić information content (AvgIpc) is 2.82. The van der Waals surface area contributed by atoms with Crippen LogP contribution in [0.1, 0.15) is 0 Å². The lowest BCUT2D eigenvalue weighted by atomic mass is 10.5. The van der Waals surface area contributed by atoms with Crippen molar-refractivity contribution in [3.63, 3.8) is 0 Å². The molecule has 3 aromatic rings. The van der Waals surface area contributed by atoms with E-state index in [9.17, 15) is 14.9 Å². The summed E-state index contributed by atoms with van der Waals surface area (Å²) in [5.74, 6) is -0.727. The summed E-state index contributed by atoms with van der Waals surface area (Å²) in [6, 6.07) is 0. The second-order valence-corrected chi connectivity index (χ2v) is 4.10. The van der Waals surface area contributed by atoms with Gasteiger partial charge in [0.25, 0.3) is 0 Å². The number of aromatic amines is 1. The summed E-state index contributed by atoms with van der Waals surface area (Å²) in [7, 11) is 0. The van der Waals surface area contributed by atoms with Crippen LogP contribution in [-0.2, 0) is 0 Å². The number of nitro groups is 1. The molecule has 0 aliphatic carbocycles. The molecule has 96 valence electrons. The monoisotopic (exact) mass is 280 g/mol. The van der Waals surface area contributed by atoms with Gasteiger partial charge in [0.1, 0.15) is 0 Å². The number of rotatable bonds is 2. The Morgan fingerprint density at radius 2 is 2.11 bits per heavy atom. The van der Waals surface area contributed by atoms with Crippen molar-refractivity contribution in [1.29, 1.82) is 0 Å². The Kier molecular flexibility index (Phi) is 2.38. The lowest BCUT2D eigenvalue weighted by Crippen LogP contribution is -2.18. The first-order valence-corrected chi connectivity index (χ1v) is 6.04. The molecule has 0 fully saturated rings. The molecule has 3 rings (SSSR count). The Hall–Kier alpha value is -2.63. The first-order chi connectivity index (χ1) is 9.10. The van der Waals surface area contributed by atoms with E-state index >= 15 is 0 Å². The van der Waals surface area contributed by atoms with E-state index in [1.807, 2.05) is 0 Å². The summed E-state index contributed by atoms with van der Waals surface area (Å²) >= 11 is 1.23. The number of thioether (sulfide) groups is 1. The van der Waals surface area contributed by atoms with Crippen LogP contribution in [0.4, 0.5) is 5.95 Å². The van der Waals surface area contributed by atoms with Gasteiger partial charge in [-0.2, -0.15) is 15.1 Å². The van der Waals surface area contributed by atoms with Crippen molar-refractivity contribution in [1.82, 2.24) is 34.8 Å². The second kappa shape index (κ2) is 3.94. The third-order valence-electron chi connectivity index (χ3n) is 2.23. The zero-order valence-electron chi connectivity index (χ0n) is 9.26. The standard InChI is InChI=1S/C7H4N8O3S/c1-19-7-9-3-2(11-12-7)4(16)14-5(8-3)10-6(13-14)15(17)18/h1H3,(H,8,9,10,12,13). The van der Waals surface area contributed by atoms with Crippen molar-refractivity contribution in [3.05, 3.63) is 20.5 Å². The zero-order chi connectivity index (χ0) is 13.6. The number of aromatic nitrogens is 7. The molecule has 0 saturated carbocycles. The van der Waals surface area contributed by atoms with Crippen molar-refractivity contribution in [2.75, 3.05) is 6.26 Å². The summed E-state index contributed by atoms with van der Waals surface area (Å²) in [5.41, 5.74) is -0.687. The zero-order valence-corrected chi connectivity index (χ0v) is 10.1. The van der Waals surface area contributed by atoms with E-state index in [0.29, 0.717) is 5.16 Å². The van der Waals surface area contributed by atoms with Crippen LogP contribution in [0.25, 0.3) is 16.9 Å². The van der Waals surface area contributed by atoms with Gasteiger partial charge >= 0.3 is 17.3 Å². The molecule has 3 heterocycles. The maximum Gasteiger partial charge on any atom is 0.454 e. The molecular formula is C7H4N8O3S. The minimum absolute atomic E-state index is 0.0470. The summed E-state index contributed by atoms with van der Waals surface area (Å²) < 4.78 is 0.829. The van der Waals surface area contributed by atoms with Gasteiger partial charge in [-0.25, -0.2) is 0 Å². The van der Waals surface area contributed by atoms with Gasteiger partial charge in [-0.3, -0.25) is 4.79 Å². The van der Waals surface area contributed by atoms with E-state index in [-0.39, 0.29) is 16.9 Å². The van der Waals surface area contributed by atoms with Crippen LogP contribution in [0.15, 0.2) is 9.95 Å². The number of hydrogen-bond acceptors (Lipinski definition) is 9. The Bertz CT molecular complexity index is 870. The van der Waals surface area contributed by atoms with Gasteiger partial charge in [0.15, 0.2) is 11.2 Å². The van der Waals surface area contributed by atoms with Gasteiger partial charge in [0.05, 0.1) is 0 Å². The van der Waals surface area contributed by atoms with Gasteiger partial charge in [0, 0.05) is 0 Å². The Labute approximate surface area is 107 Å². The molecule has 0 atom stereocenters. The Morgan fingerprint density at radius 1 is 1.32 bits per heavy atom. The minimum Gasteiger partial charge on any atom is -0.390 e. The predicted molar refractivity (Wildman–Crippen MR) is 62.9 cm³/mol. The van der Waals surface area contributed by atoms with Gasteiger partial charge in [-0.15, -0.1) is 14.7 Å². The average molecular weight is 280 g/mol. The van der Waals surface area contributed by atoms with Gasteiger partial charge in [-0.05, 0) is 16.2 Å². The van der Waals surface area contributed by atoms with E-state index in [2.05, 4.69) is 30.2 Å². The van der Waals surface area contributed by atoms with Crippen molar-refractivity contribution in [2.24, 2.45) is 0 Å². The number of fused-ring (bicyclic) bond motifs is 2. The van der Waals surface area contributed by atoms with Crippen LogP contribution in [0, 0.1) is 10.1 Å². The fourth-order valence-electron chi connectivity index (χ4n) is 1.42. The van der Waals surface area contributed by atoms with Crippen molar-refractivity contribution in [2.45, 2.75) is 5.16 Å². The third-order valence-corrected chi connectivity index (χ3v) is 2.77. The molecule has 1 N–H and O–H groups in total. The summed E-state index contributed by atoms with van der Waals surface area (Å²) in [6.07, 6.45) is 1.74. The fraction of sp³-hybridized carbons (Fsp3) is 0.143. The number of nitrogens with one attached hydrogen (secondary N) is 1. The van der Waals surface area contributed by atoms with E-state index in [1.165, 1.54) is 11.8 Å². The lowest BCUT2D eigenvalue weighted by Gasteiger charge is -1.95. The largest absolute Gasteiger partial charge is 0.454 e. The molecule has 0 amide bonds. The molecule has 11 nitrogen and oxygen atoms in total. The summed E-state index contributed by atoms with van der Waals surface area (Å²) in [6.45, 7) is 0. The maximum absolute atomic E-state index is 12.0. The first kappa shape index (κ1) is 11.5. The SMILES string of the molecule is CSc1nnc2c(=O)n3[nH]c([N+](=O)[O-])nc3nc2n1. The van der Waals surface area contributed by atoms with Gasteiger partial charge < -0.3 is 10.1 Å². The number of hydrogen-bond donors (Lipinski definition) is 1. The van der Waals surface area contributed by atoms with Crippen molar-refractivity contribution >= 4 is 34.7 Å². The van der Waals surface area contributed by atoms with Crippen molar-refractivity contribution < 1.29 is 4.92 Å². The van der Waals surface area contributed by atoms with Crippen LogP contribution in [0.3, 0.4) is 0 Å². The summed E-state index contributed by atoms with van der Waals surface area (Å²) in [4.78, 5) is 33.4. The van der Waals surface area contributed by atoms with Gasteiger partial charge in [-0.1, -0.05) is 11.8 Å². The van der Waals surface area contributed by atoms with E-state index in [1.54, 1.807) is 6.26 Å². The molecule has 0 unspecified atom stereocenters. The highest BCUT2D eigenvalue weighted by Crippen LogP contribution is 2.10. The van der Waals surface area contributed by atoms with Gasteiger partial charge in [0.2, 0.25) is 5.16 Å². The molecular weight excluding hydrogens is 276 g/mol. The molecule has 0 aliphatic heterocycles. The highest BCUT2D eigenvalue weighted by atomic mass is 32.2. The fourth-order valence-corrected chi connectivity index (χ4v) is 1.73. The quantitative estimate of drug-likeness (QED) is 0.368. The summed E-state index contributed by atoms with van der Waals surface area (Å²) in [5, 5.41) is 20.6. The van der Waals surface area contributed by atoms with Crippen LogP contribution in [0.5, 0.6) is 0 Å². The van der Waals surface area contributed by atoms with E-state index < -0.39 is 16.4 Å². The molecule has 0 aromatic carbocycles. The highest BCUT2D eigenvalue weighted by Gasteiger charge is 2.19. The topological polar surface area (TPSA) is 145 Å². The molecule has 12 heteroatoms. The smallest absolute Gasteiger partial charge is 0.390 e. The van der Waals surface area contributed by atoms with Crippen LogP contribution >= 0.6 is 11.8 Å². The molecule has 0 aliphatic rings. The molecule has 0 radical (unpaired) electrons. The van der Waals surface area contributed by atoms with Crippen LogP contribution in [-0.4, -0.2) is 45.9 Å². The minimum atomic E-state index is -0.759. The third kappa shape index (κ3) is 1.69. The molecule has 0 saturated heterocycles. The first-order valence-electron chi connectivity index (χ1n) is 4.81. The van der Waals surface area contributed by atoms with Crippen LogP contribution < -0.4 is 5.56 Å². The number of H-pyrrole nitrogens is 1. The van der Waals surface area contributed by atoms with E-state index in [0.717, 1.165) is 4.52 Å². The second-order valence-electron chi connectivity index (χ2n) is 3.33. The Balaban J connectivity index is 2.41. The number of nitrogens with zero attached hydrogens (tertiary/aromatic N) is 7. The van der Waals surface area contributed by atoms with Crippen LogP contribution in [0.2, 0.25) is 0 Å². The van der Waals surface area contributed by atoms with E-state index in [4.69, 9.17) is 0 Å². The molecule has 19 heavy (non-hydrogen) atoms. The molecule has 3 aromatic heterocycles.